The lowest BCUT2D eigenvalue weighted by Gasteiger charge is -2.17. The average molecular weight is 822 g/mol. The summed E-state index contributed by atoms with van der Waals surface area (Å²) in [6.45, 7) is 6.06. The Labute approximate surface area is 339 Å². The molecule has 57 heavy (non-hydrogen) atoms. The second-order valence-electron chi connectivity index (χ2n) is 11.5. The molecular formula is C43H50ClN2O10S+. The van der Waals surface area contributed by atoms with Gasteiger partial charge >= 0.3 is 11.9 Å². The molecule has 12 nitrogen and oxygen atoms in total. The number of nitrogens with one attached hydrogen (secondary N) is 1. The third-order valence-electron chi connectivity index (χ3n) is 7.41. The Hall–Kier alpha value is -5.54. The number of allylic oxidation sites excluding steroid dienone is 4. The fraction of sp³-hybridized carbons (Fsp3) is 0.209. The lowest BCUT2D eigenvalue weighted by Crippen LogP contribution is -2.27. The summed E-state index contributed by atoms with van der Waals surface area (Å²) in [4.78, 5) is 33.7. The van der Waals surface area contributed by atoms with Gasteiger partial charge in [0.25, 0.3) is 15.0 Å². The van der Waals surface area contributed by atoms with Crippen molar-refractivity contribution in [3.05, 3.63) is 185 Å². The van der Waals surface area contributed by atoms with Gasteiger partial charge in [-0.25, -0.2) is 9.59 Å². The summed E-state index contributed by atoms with van der Waals surface area (Å²) in [5, 5.41) is 21.3. The van der Waals surface area contributed by atoms with Crippen molar-refractivity contribution in [1.29, 1.82) is 0 Å². The number of benzene rings is 4. The Kier molecular flexibility index (Phi) is 23.5. The summed E-state index contributed by atoms with van der Waals surface area (Å²) >= 11 is 0. The zero-order valence-corrected chi connectivity index (χ0v) is 34.0. The van der Waals surface area contributed by atoms with Crippen molar-refractivity contribution in [3.8, 4) is 0 Å². The molecule has 0 radical (unpaired) electrons. The molecule has 0 aromatic heterocycles. The van der Waals surface area contributed by atoms with Crippen LogP contribution in [-0.2, 0) is 44.3 Å². The summed E-state index contributed by atoms with van der Waals surface area (Å²) < 4.78 is 35.9. The fourth-order valence-corrected chi connectivity index (χ4v) is 5.13. The van der Waals surface area contributed by atoms with Crippen molar-refractivity contribution in [2.24, 2.45) is 5.73 Å². The predicted molar refractivity (Wildman–Crippen MR) is 222 cm³/mol. The van der Waals surface area contributed by atoms with Crippen molar-refractivity contribution in [1.82, 2.24) is 5.32 Å². The highest BCUT2D eigenvalue weighted by Gasteiger charge is 2.21. The second kappa shape index (κ2) is 27.1. The molecule has 4 aromatic carbocycles. The number of hydrogen-bond acceptors (Lipinski definition) is 11. The molecule has 0 bridgehead atoms. The normalized spacial score (nSPS) is 12.8. The molecule has 0 saturated heterocycles. The number of carbonyl (C=O) groups excluding carboxylic acids is 3. The highest BCUT2D eigenvalue weighted by Crippen LogP contribution is 2.21. The van der Waals surface area contributed by atoms with Gasteiger partial charge in [0.2, 0.25) is 0 Å². The van der Waals surface area contributed by atoms with E-state index in [1.165, 1.54) is 39.0 Å². The first kappa shape index (κ1) is 49.5. The van der Waals surface area contributed by atoms with Crippen LogP contribution in [0.2, 0.25) is 0 Å². The van der Waals surface area contributed by atoms with Crippen LogP contribution in [0.1, 0.15) is 46.1 Å². The minimum Gasteiger partial charge on any atom is -0.467 e. The van der Waals surface area contributed by atoms with Crippen LogP contribution in [0, 0.1) is 13.3 Å². The number of likely N-dealkylation sites (N-methyl/N-ethyl adjacent to an activating group) is 1. The van der Waals surface area contributed by atoms with Crippen LogP contribution < -0.4 is 11.1 Å². The number of halogens is 1. The lowest BCUT2D eigenvalue weighted by molar-refractivity contribution is -0.151. The highest BCUT2D eigenvalue weighted by molar-refractivity contribution is 8.17. The molecule has 0 fully saturated rings. The van der Waals surface area contributed by atoms with E-state index in [9.17, 15) is 33.0 Å². The minimum atomic E-state index is -3.58. The smallest absolute Gasteiger partial charge is 0.339 e. The molecule has 1 aliphatic rings. The number of carbonyl (C=O) groups is 3. The summed E-state index contributed by atoms with van der Waals surface area (Å²) in [5.41, 5.74) is 9.47. The number of rotatable bonds is 10. The van der Waals surface area contributed by atoms with Gasteiger partial charge in [-0.1, -0.05) is 121 Å². The first-order valence-corrected chi connectivity index (χ1v) is 19.5. The highest BCUT2D eigenvalue weighted by atomic mass is 35.7. The van der Waals surface area contributed by atoms with Gasteiger partial charge in [-0.3, -0.25) is 4.79 Å². The molecule has 5 N–H and O–H groups in total. The molecule has 14 heteroatoms. The fourth-order valence-electron chi connectivity index (χ4n) is 4.36. The van der Waals surface area contributed by atoms with E-state index >= 15 is 0 Å². The first-order valence-electron chi connectivity index (χ1n) is 17.2. The molecule has 0 unspecified atom stereocenters. The number of esters is 2. The third-order valence-corrected chi connectivity index (χ3v) is 8.78. The van der Waals surface area contributed by atoms with Gasteiger partial charge in [-0.05, 0) is 42.8 Å². The minimum absolute atomic E-state index is 0.103. The number of aryl methyl sites for hydroxylation is 1. The molecular weight excluding hydrogens is 772 g/mol. The molecule has 304 valence electrons. The number of amides is 1. The van der Waals surface area contributed by atoms with Crippen LogP contribution in [0.15, 0.2) is 151 Å². The molecule has 0 spiro atoms. The van der Waals surface area contributed by atoms with Crippen LogP contribution in [0.5, 0.6) is 0 Å². The number of hydrogen-bond donors (Lipinski definition) is 4. The van der Waals surface area contributed by atoms with Gasteiger partial charge < -0.3 is 35.5 Å². The van der Waals surface area contributed by atoms with Crippen molar-refractivity contribution in [3.63, 3.8) is 0 Å². The maximum atomic E-state index is 12.0. The van der Waals surface area contributed by atoms with E-state index in [2.05, 4.69) is 27.1 Å². The summed E-state index contributed by atoms with van der Waals surface area (Å²) in [6, 6.07) is 34.9. The standard InChI is InChI=1S/C17H19NO2.2C9H10O3.C7H6ClO2S.CH5N/c1-13-8-10-14(11-9-13)12-20-16(17(19)18-2)15-6-4-3-5-7-15;2*1-12-9(11)8(10)7-5-3-2-4-6-7;1-6-2-4-7(5-3-6)11(8,9)10;1-2/h3-11,16H,12H2,1-2H3,(H,18,19);2*2-6,8,10H,1H3;2-5H,1H2;2H2,1H3/q;;;+1;/t16-;2*8-;;/m000../s1. The maximum Gasteiger partial charge on any atom is 0.339 e. The van der Waals surface area contributed by atoms with Crippen molar-refractivity contribution >= 4 is 37.6 Å². The summed E-state index contributed by atoms with van der Waals surface area (Å²) in [5.74, 6) is -1.41. The zero-order valence-electron chi connectivity index (χ0n) is 32.4. The van der Waals surface area contributed by atoms with Crippen LogP contribution in [0.4, 0.5) is 0 Å². The molecule has 0 aliphatic heterocycles. The number of ether oxygens (including phenoxy) is 3. The molecule has 0 saturated carbocycles. The maximum absolute atomic E-state index is 12.0. The zero-order chi connectivity index (χ0) is 42.8. The predicted octanol–water partition coefficient (Wildman–Crippen LogP) is 6.13. The van der Waals surface area contributed by atoms with E-state index in [1.54, 1.807) is 68.1 Å². The van der Waals surface area contributed by atoms with Gasteiger partial charge in [0.05, 0.1) is 26.4 Å². The van der Waals surface area contributed by atoms with Crippen LogP contribution in [0.3, 0.4) is 0 Å². The Morgan fingerprint density at radius 3 is 1.53 bits per heavy atom. The van der Waals surface area contributed by atoms with Gasteiger partial charge in [0.15, 0.2) is 23.2 Å². The lowest BCUT2D eigenvalue weighted by atomic mass is 10.1. The van der Waals surface area contributed by atoms with Crippen molar-refractivity contribution < 1.29 is 47.2 Å². The monoisotopic (exact) mass is 821 g/mol. The largest absolute Gasteiger partial charge is 0.467 e. The van der Waals surface area contributed by atoms with E-state index in [1.807, 2.05) is 73.7 Å². The SMILES string of the molecule is C=C1C=CC(S(=O)(=O)Cl)=C[CH+]1.CN.CNC(=O)[C@@H](OCc1ccc(C)cc1)c1ccccc1.COC(=O)[C@@H](O)c1ccccc1.COC(=O)[C@@H](O)c1ccccc1. The number of aliphatic hydroxyl groups is 2. The Balaban J connectivity index is 0.000000387. The van der Waals surface area contributed by atoms with Gasteiger partial charge in [0, 0.05) is 42.4 Å². The summed E-state index contributed by atoms with van der Waals surface area (Å²) in [7, 11) is 7.10. The second-order valence-corrected chi connectivity index (χ2v) is 14.0. The third kappa shape index (κ3) is 18.8. The van der Waals surface area contributed by atoms with Crippen LogP contribution >= 0.6 is 10.7 Å². The van der Waals surface area contributed by atoms with E-state index in [0.717, 1.165) is 16.7 Å². The van der Waals surface area contributed by atoms with E-state index in [0.29, 0.717) is 17.7 Å². The van der Waals surface area contributed by atoms with Crippen molar-refractivity contribution in [2.45, 2.75) is 31.8 Å². The molecule has 0 heterocycles. The van der Waals surface area contributed by atoms with Gasteiger partial charge in [-0.15, -0.1) is 0 Å². The number of aliphatic hydroxyl groups excluding tert-OH is 2. The molecule has 1 aliphatic carbocycles. The Morgan fingerprint density at radius 2 is 1.18 bits per heavy atom. The first-order chi connectivity index (χ1) is 27.2. The number of methoxy groups -OCH3 is 2. The Bertz CT molecular complexity index is 1920. The van der Waals surface area contributed by atoms with E-state index in [-0.39, 0.29) is 10.8 Å². The van der Waals surface area contributed by atoms with E-state index < -0.39 is 39.3 Å². The van der Waals surface area contributed by atoms with Crippen molar-refractivity contribution in [2.75, 3.05) is 28.3 Å². The topological polar surface area (TPSA) is 192 Å². The van der Waals surface area contributed by atoms with Crippen LogP contribution in [-0.4, -0.2) is 64.8 Å². The molecule has 4 aromatic rings. The van der Waals surface area contributed by atoms with Gasteiger partial charge in [0.1, 0.15) is 0 Å². The quantitative estimate of drug-likeness (QED) is 0.0818. The average Bonchev–Trinajstić information content (AvgIpc) is 3.25. The molecule has 1 amide bonds. The summed E-state index contributed by atoms with van der Waals surface area (Å²) in [6.07, 6.45) is 3.11. The van der Waals surface area contributed by atoms with Crippen LogP contribution in [0.25, 0.3) is 0 Å². The molecule has 5 rings (SSSR count). The van der Waals surface area contributed by atoms with E-state index in [4.69, 9.17) is 15.4 Å². The number of nitrogens with two attached hydrogens (primary N) is 1. The van der Waals surface area contributed by atoms with Gasteiger partial charge in [-0.2, -0.15) is 8.42 Å². The Morgan fingerprint density at radius 1 is 0.754 bits per heavy atom. The molecule has 3 atom stereocenters.